The third-order valence-electron chi connectivity index (χ3n) is 3.31. The van der Waals surface area contributed by atoms with Gasteiger partial charge in [-0.15, -0.1) is 0 Å². The van der Waals surface area contributed by atoms with Gasteiger partial charge in [0.05, 0.1) is 11.9 Å². The highest BCUT2D eigenvalue weighted by atomic mass is 32.2. The molecule has 2 N–H and O–H groups in total. The first-order valence-corrected chi connectivity index (χ1v) is 7.36. The van der Waals surface area contributed by atoms with Crippen LogP contribution in [-0.4, -0.2) is 39.7 Å². The van der Waals surface area contributed by atoms with Crippen molar-refractivity contribution < 1.29 is 13.2 Å². The molecule has 0 bridgehead atoms. The minimum absolute atomic E-state index is 0.107. The van der Waals surface area contributed by atoms with Gasteiger partial charge in [0.15, 0.2) is 0 Å². The van der Waals surface area contributed by atoms with Crippen molar-refractivity contribution in [2.24, 2.45) is 11.1 Å². The van der Waals surface area contributed by atoms with Crippen molar-refractivity contribution in [2.75, 3.05) is 26.0 Å². The standard InChI is InChI=1S/C10H21NO3S/c1-3-14-8-10(7-11)5-4-9(6-10)15(2,12)13/h9H,3-8,11H2,1-2H3. The quantitative estimate of drug-likeness (QED) is 0.756. The van der Waals surface area contributed by atoms with Gasteiger partial charge in [0.2, 0.25) is 0 Å². The van der Waals surface area contributed by atoms with E-state index in [9.17, 15) is 8.42 Å². The Kier molecular flexibility index (Phi) is 4.14. The maximum Gasteiger partial charge on any atom is 0.150 e. The van der Waals surface area contributed by atoms with Gasteiger partial charge in [0, 0.05) is 24.8 Å². The molecule has 0 heterocycles. The summed E-state index contributed by atoms with van der Waals surface area (Å²) >= 11 is 0. The van der Waals surface area contributed by atoms with E-state index in [0.717, 1.165) is 12.8 Å². The third-order valence-corrected chi connectivity index (χ3v) is 4.92. The smallest absolute Gasteiger partial charge is 0.150 e. The second kappa shape index (κ2) is 4.80. The lowest BCUT2D eigenvalue weighted by Crippen LogP contribution is -2.34. The van der Waals surface area contributed by atoms with Crippen LogP contribution < -0.4 is 5.73 Å². The molecule has 0 aliphatic heterocycles. The Morgan fingerprint density at radius 2 is 2.20 bits per heavy atom. The average molecular weight is 235 g/mol. The van der Waals surface area contributed by atoms with Crippen LogP contribution in [0.25, 0.3) is 0 Å². The van der Waals surface area contributed by atoms with Crippen LogP contribution in [0, 0.1) is 5.41 Å². The van der Waals surface area contributed by atoms with Crippen molar-refractivity contribution in [3.8, 4) is 0 Å². The second-order valence-corrected chi connectivity index (χ2v) is 6.86. The number of nitrogens with two attached hydrogens (primary N) is 1. The summed E-state index contributed by atoms with van der Waals surface area (Å²) in [6.45, 7) is 3.70. The van der Waals surface area contributed by atoms with Crippen LogP contribution in [0.3, 0.4) is 0 Å². The first-order valence-electron chi connectivity index (χ1n) is 5.40. The molecule has 1 rings (SSSR count). The fourth-order valence-corrected chi connectivity index (χ4v) is 3.42. The van der Waals surface area contributed by atoms with Gasteiger partial charge in [0.25, 0.3) is 0 Å². The molecule has 2 atom stereocenters. The highest BCUT2D eigenvalue weighted by Gasteiger charge is 2.42. The van der Waals surface area contributed by atoms with Gasteiger partial charge in [-0.3, -0.25) is 0 Å². The summed E-state index contributed by atoms with van der Waals surface area (Å²) in [6, 6.07) is 0. The van der Waals surface area contributed by atoms with Crippen molar-refractivity contribution >= 4 is 9.84 Å². The van der Waals surface area contributed by atoms with Crippen molar-refractivity contribution in [3.05, 3.63) is 0 Å². The van der Waals surface area contributed by atoms with E-state index in [1.54, 1.807) is 0 Å². The Bertz CT molecular complexity index is 302. The molecule has 1 saturated carbocycles. The lowest BCUT2D eigenvalue weighted by atomic mass is 9.87. The number of hydrogen-bond acceptors (Lipinski definition) is 4. The molecule has 0 radical (unpaired) electrons. The minimum Gasteiger partial charge on any atom is -0.381 e. The van der Waals surface area contributed by atoms with Gasteiger partial charge in [-0.05, 0) is 26.2 Å². The summed E-state index contributed by atoms with van der Waals surface area (Å²) in [5.41, 5.74) is 5.63. The summed E-state index contributed by atoms with van der Waals surface area (Å²) in [5.74, 6) is 0. The SMILES string of the molecule is CCOCC1(CN)CCC(S(C)(=O)=O)C1. The molecule has 15 heavy (non-hydrogen) atoms. The maximum atomic E-state index is 11.4. The van der Waals surface area contributed by atoms with Crippen molar-refractivity contribution in [1.29, 1.82) is 0 Å². The fraction of sp³-hybridized carbons (Fsp3) is 1.00. The van der Waals surface area contributed by atoms with Crippen LogP contribution in [0.15, 0.2) is 0 Å². The zero-order chi connectivity index (χ0) is 11.5. The van der Waals surface area contributed by atoms with E-state index >= 15 is 0 Å². The fourth-order valence-electron chi connectivity index (χ4n) is 2.21. The van der Waals surface area contributed by atoms with Crippen molar-refractivity contribution in [3.63, 3.8) is 0 Å². The topological polar surface area (TPSA) is 69.4 Å². The van der Waals surface area contributed by atoms with Gasteiger partial charge in [0.1, 0.15) is 9.84 Å². The molecule has 0 aromatic rings. The summed E-state index contributed by atoms with van der Waals surface area (Å²) in [5, 5.41) is -0.221. The van der Waals surface area contributed by atoms with E-state index in [1.165, 1.54) is 6.26 Å². The largest absolute Gasteiger partial charge is 0.381 e. The Morgan fingerprint density at radius 1 is 1.53 bits per heavy atom. The van der Waals surface area contributed by atoms with Gasteiger partial charge in [-0.2, -0.15) is 0 Å². The Hall–Kier alpha value is -0.130. The highest BCUT2D eigenvalue weighted by molar-refractivity contribution is 7.91. The molecule has 4 nitrogen and oxygen atoms in total. The molecule has 0 aromatic heterocycles. The summed E-state index contributed by atoms with van der Waals surface area (Å²) in [4.78, 5) is 0. The molecule has 5 heteroatoms. The molecule has 0 amide bonds. The molecule has 0 saturated heterocycles. The molecule has 0 aromatic carbocycles. The molecule has 1 aliphatic rings. The zero-order valence-electron chi connectivity index (χ0n) is 9.53. The van der Waals surface area contributed by atoms with Crippen LogP contribution in [0.1, 0.15) is 26.2 Å². The lowest BCUT2D eigenvalue weighted by Gasteiger charge is -2.26. The first kappa shape index (κ1) is 12.9. The van der Waals surface area contributed by atoms with Crippen LogP contribution in [-0.2, 0) is 14.6 Å². The molecule has 90 valence electrons. The van der Waals surface area contributed by atoms with E-state index in [-0.39, 0.29) is 10.7 Å². The molecule has 2 unspecified atom stereocenters. The van der Waals surface area contributed by atoms with Crippen molar-refractivity contribution in [2.45, 2.75) is 31.4 Å². The van der Waals surface area contributed by atoms with Crippen molar-refractivity contribution in [1.82, 2.24) is 0 Å². The molecule has 0 spiro atoms. The van der Waals surface area contributed by atoms with Crippen LogP contribution in [0.2, 0.25) is 0 Å². The highest BCUT2D eigenvalue weighted by Crippen LogP contribution is 2.40. The Morgan fingerprint density at radius 3 is 2.60 bits per heavy atom. The van der Waals surface area contributed by atoms with Crippen LogP contribution >= 0.6 is 0 Å². The van der Waals surface area contributed by atoms with Crippen LogP contribution in [0.4, 0.5) is 0 Å². The number of ether oxygens (including phenoxy) is 1. The van der Waals surface area contributed by atoms with Gasteiger partial charge >= 0.3 is 0 Å². The molecular formula is C10H21NO3S. The second-order valence-electron chi connectivity index (χ2n) is 4.54. The third kappa shape index (κ3) is 3.16. The molecule has 1 aliphatic carbocycles. The normalized spacial score (nSPS) is 32.1. The molecule has 1 fully saturated rings. The predicted molar refractivity (Wildman–Crippen MR) is 60.5 cm³/mol. The monoisotopic (exact) mass is 235 g/mol. The number of rotatable bonds is 5. The average Bonchev–Trinajstić information content (AvgIpc) is 2.59. The Balaban J connectivity index is 2.65. The predicted octanol–water partition coefficient (Wildman–Crippen LogP) is 0.565. The zero-order valence-corrected chi connectivity index (χ0v) is 10.3. The van der Waals surface area contributed by atoms with E-state index < -0.39 is 9.84 Å². The number of hydrogen-bond donors (Lipinski definition) is 1. The first-order chi connectivity index (χ1) is 6.93. The van der Waals surface area contributed by atoms with E-state index in [0.29, 0.717) is 26.2 Å². The van der Waals surface area contributed by atoms with Crippen LogP contribution in [0.5, 0.6) is 0 Å². The van der Waals surface area contributed by atoms with E-state index in [2.05, 4.69) is 0 Å². The van der Waals surface area contributed by atoms with Gasteiger partial charge in [-0.1, -0.05) is 0 Å². The summed E-state index contributed by atoms with van der Waals surface area (Å²) < 4.78 is 28.3. The maximum absolute atomic E-state index is 11.4. The summed E-state index contributed by atoms with van der Waals surface area (Å²) in [7, 11) is -2.92. The Labute approximate surface area is 92.1 Å². The molecular weight excluding hydrogens is 214 g/mol. The minimum atomic E-state index is -2.92. The summed E-state index contributed by atoms with van der Waals surface area (Å²) in [6.07, 6.45) is 3.55. The van der Waals surface area contributed by atoms with Gasteiger partial charge in [-0.25, -0.2) is 8.42 Å². The number of sulfone groups is 1. The van der Waals surface area contributed by atoms with E-state index in [4.69, 9.17) is 10.5 Å². The lowest BCUT2D eigenvalue weighted by molar-refractivity contribution is 0.0589. The van der Waals surface area contributed by atoms with Gasteiger partial charge < -0.3 is 10.5 Å². The van der Waals surface area contributed by atoms with E-state index in [1.807, 2.05) is 6.92 Å².